The second-order valence-corrected chi connectivity index (χ2v) is 5.29. The van der Waals surface area contributed by atoms with Crippen molar-refractivity contribution in [3.63, 3.8) is 0 Å². The highest BCUT2D eigenvalue weighted by Crippen LogP contribution is 2.13. The molecule has 1 aromatic carbocycles. The highest BCUT2D eigenvalue weighted by atomic mass is 32.1. The third-order valence-electron chi connectivity index (χ3n) is 2.76. The summed E-state index contributed by atoms with van der Waals surface area (Å²) in [6.07, 6.45) is 1.02. The molecule has 0 radical (unpaired) electrons. The van der Waals surface area contributed by atoms with Gasteiger partial charge in [-0.2, -0.15) is 0 Å². The van der Waals surface area contributed by atoms with Crippen molar-refractivity contribution in [3.8, 4) is 5.75 Å². The van der Waals surface area contributed by atoms with E-state index in [0.29, 0.717) is 12.4 Å². The molecule has 2 N–H and O–H groups in total. The van der Waals surface area contributed by atoms with Gasteiger partial charge in [0.15, 0.2) is 0 Å². The van der Waals surface area contributed by atoms with E-state index in [1.54, 1.807) is 29.5 Å². The van der Waals surface area contributed by atoms with Gasteiger partial charge in [-0.1, -0.05) is 12.1 Å². The first-order valence-corrected chi connectivity index (χ1v) is 7.33. The molecule has 0 aliphatic rings. The van der Waals surface area contributed by atoms with E-state index in [2.05, 4.69) is 22.8 Å². The number of carbonyl (C=O) groups is 1. The second-order valence-electron chi connectivity index (χ2n) is 4.26. The Morgan fingerprint density at radius 3 is 2.90 bits per heavy atom. The first kappa shape index (κ1) is 14.6. The normalized spacial score (nSPS) is 10.4. The number of aromatic carboxylic acids is 1. The minimum Gasteiger partial charge on any atom is -0.492 e. The van der Waals surface area contributed by atoms with Crippen LogP contribution in [0.4, 0.5) is 0 Å². The van der Waals surface area contributed by atoms with Crippen LogP contribution >= 0.6 is 11.3 Å². The van der Waals surface area contributed by atoms with E-state index in [0.717, 1.165) is 19.5 Å². The van der Waals surface area contributed by atoms with E-state index >= 15 is 0 Å². The Morgan fingerprint density at radius 2 is 2.15 bits per heavy atom. The standard InChI is InChI=1S/C15H17NO3S/c17-15(18)12-3-1-4-13(11-12)19-9-8-16-7-6-14-5-2-10-20-14/h1-5,10-11,16H,6-9H2,(H,17,18). The molecule has 0 unspecified atom stereocenters. The smallest absolute Gasteiger partial charge is 0.335 e. The molecule has 0 spiro atoms. The SMILES string of the molecule is O=C(O)c1cccc(OCCNCCc2cccs2)c1. The van der Waals surface area contributed by atoms with Gasteiger partial charge in [0, 0.05) is 18.0 Å². The number of thiophene rings is 1. The fourth-order valence-electron chi connectivity index (χ4n) is 1.75. The summed E-state index contributed by atoms with van der Waals surface area (Å²) in [7, 11) is 0. The number of hydrogen-bond acceptors (Lipinski definition) is 4. The Kier molecular flexibility index (Phi) is 5.58. The minimum absolute atomic E-state index is 0.244. The summed E-state index contributed by atoms with van der Waals surface area (Å²) in [6, 6.07) is 10.7. The van der Waals surface area contributed by atoms with Gasteiger partial charge >= 0.3 is 5.97 Å². The number of benzene rings is 1. The molecule has 106 valence electrons. The Morgan fingerprint density at radius 1 is 1.25 bits per heavy atom. The van der Waals surface area contributed by atoms with Crippen LogP contribution in [0.2, 0.25) is 0 Å². The largest absolute Gasteiger partial charge is 0.492 e. The summed E-state index contributed by atoms with van der Waals surface area (Å²) in [5, 5.41) is 14.2. The Bertz CT molecular complexity index is 540. The predicted molar refractivity (Wildman–Crippen MR) is 79.8 cm³/mol. The molecule has 1 aromatic heterocycles. The van der Waals surface area contributed by atoms with Crippen LogP contribution < -0.4 is 10.1 Å². The van der Waals surface area contributed by atoms with Crippen molar-refractivity contribution in [2.24, 2.45) is 0 Å². The van der Waals surface area contributed by atoms with Crippen LogP contribution in [-0.2, 0) is 6.42 Å². The fourth-order valence-corrected chi connectivity index (χ4v) is 2.46. The molecule has 0 saturated heterocycles. The summed E-state index contributed by atoms with van der Waals surface area (Å²) < 4.78 is 5.51. The molecule has 0 aliphatic carbocycles. The van der Waals surface area contributed by atoms with Crippen molar-refractivity contribution < 1.29 is 14.6 Å². The highest BCUT2D eigenvalue weighted by Gasteiger charge is 2.03. The molecule has 0 amide bonds. The van der Waals surface area contributed by atoms with Crippen molar-refractivity contribution in [3.05, 3.63) is 52.2 Å². The molecule has 0 saturated carbocycles. The minimum atomic E-state index is -0.940. The second kappa shape index (κ2) is 7.67. The van der Waals surface area contributed by atoms with Gasteiger partial charge in [0.1, 0.15) is 12.4 Å². The zero-order chi connectivity index (χ0) is 14.2. The van der Waals surface area contributed by atoms with Crippen LogP contribution in [0.15, 0.2) is 41.8 Å². The van der Waals surface area contributed by atoms with Gasteiger partial charge < -0.3 is 15.2 Å². The predicted octanol–water partition coefficient (Wildman–Crippen LogP) is 2.66. The van der Waals surface area contributed by atoms with Gasteiger partial charge in [0.25, 0.3) is 0 Å². The summed E-state index contributed by atoms with van der Waals surface area (Å²) in [4.78, 5) is 12.2. The van der Waals surface area contributed by atoms with Crippen molar-refractivity contribution >= 4 is 17.3 Å². The fraction of sp³-hybridized carbons (Fsp3) is 0.267. The molecule has 20 heavy (non-hydrogen) atoms. The quantitative estimate of drug-likeness (QED) is 0.734. The van der Waals surface area contributed by atoms with Crippen LogP contribution in [0, 0.1) is 0 Å². The van der Waals surface area contributed by atoms with E-state index < -0.39 is 5.97 Å². The van der Waals surface area contributed by atoms with Crippen molar-refractivity contribution in [2.75, 3.05) is 19.7 Å². The van der Waals surface area contributed by atoms with Crippen molar-refractivity contribution in [1.82, 2.24) is 5.32 Å². The number of nitrogens with one attached hydrogen (secondary N) is 1. The van der Waals surface area contributed by atoms with Gasteiger partial charge in [-0.3, -0.25) is 0 Å². The molecule has 5 heteroatoms. The first-order valence-electron chi connectivity index (χ1n) is 6.45. The van der Waals surface area contributed by atoms with Gasteiger partial charge in [0.05, 0.1) is 5.56 Å². The van der Waals surface area contributed by atoms with Crippen molar-refractivity contribution in [1.29, 1.82) is 0 Å². The number of carboxylic acid groups (broad SMARTS) is 1. The van der Waals surface area contributed by atoms with E-state index in [1.165, 1.54) is 10.9 Å². The lowest BCUT2D eigenvalue weighted by molar-refractivity contribution is 0.0696. The molecule has 4 nitrogen and oxygen atoms in total. The lowest BCUT2D eigenvalue weighted by Gasteiger charge is -2.07. The lowest BCUT2D eigenvalue weighted by atomic mass is 10.2. The Balaban J connectivity index is 1.63. The summed E-state index contributed by atoms with van der Waals surface area (Å²) >= 11 is 1.76. The molecular weight excluding hydrogens is 274 g/mol. The molecule has 2 rings (SSSR count). The topological polar surface area (TPSA) is 58.6 Å². The number of carboxylic acids is 1. The summed E-state index contributed by atoms with van der Waals surface area (Å²) in [6.45, 7) is 2.18. The van der Waals surface area contributed by atoms with Crippen LogP contribution in [0.5, 0.6) is 5.75 Å². The highest BCUT2D eigenvalue weighted by molar-refractivity contribution is 7.09. The average Bonchev–Trinajstić information content (AvgIpc) is 2.96. The average molecular weight is 291 g/mol. The maximum Gasteiger partial charge on any atom is 0.335 e. The number of ether oxygens (including phenoxy) is 1. The van der Waals surface area contributed by atoms with E-state index in [1.807, 2.05) is 0 Å². The van der Waals surface area contributed by atoms with E-state index in [-0.39, 0.29) is 5.56 Å². The molecular formula is C15H17NO3S. The molecule has 1 heterocycles. The molecule has 2 aromatic rings. The maximum atomic E-state index is 10.8. The first-order chi connectivity index (χ1) is 9.75. The lowest BCUT2D eigenvalue weighted by Crippen LogP contribution is -2.23. The molecule has 0 aliphatic heterocycles. The van der Waals surface area contributed by atoms with Crippen LogP contribution in [0.3, 0.4) is 0 Å². The van der Waals surface area contributed by atoms with E-state index in [4.69, 9.17) is 9.84 Å². The van der Waals surface area contributed by atoms with Gasteiger partial charge in [-0.05, 0) is 36.1 Å². The molecule has 0 atom stereocenters. The Hall–Kier alpha value is -1.85. The molecule has 0 fully saturated rings. The third kappa shape index (κ3) is 4.68. The van der Waals surface area contributed by atoms with Crippen LogP contribution in [0.25, 0.3) is 0 Å². The molecule has 0 bridgehead atoms. The van der Waals surface area contributed by atoms with E-state index in [9.17, 15) is 4.79 Å². The van der Waals surface area contributed by atoms with Gasteiger partial charge in [-0.15, -0.1) is 11.3 Å². The van der Waals surface area contributed by atoms with Gasteiger partial charge in [-0.25, -0.2) is 4.79 Å². The van der Waals surface area contributed by atoms with Gasteiger partial charge in [0.2, 0.25) is 0 Å². The summed E-state index contributed by atoms with van der Waals surface area (Å²) in [5.41, 5.74) is 0.244. The Labute approximate surface area is 122 Å². The number of hydrogen-bond donors (Lipinski definition) is 2. The van der Waals surface area contributed by atoms with Crippen LogP contribution in [0.1, 0.15) is 15.2 Å². The maximum absolute atomic E-state index is 10.8. The zero-order valence-corrected chi connectivity index (χ0v) is 11.9. The van der Waals surface area contributed by atoms with Crippen LogP contribution in [-0.4, -0.2) is 30.8 Å². The zero-order valence-electron chi connectivity index (χ0n) is 11.0. The monoisotopic (exact) mass is 291 g/mol. The van der Waals surface area contributed by atoms with Crippen molar-refractivity contribution in [2.45, 2.75) is 6.42 Å². The third-order valence-corrected chi connectivity index (χ3v) is 3.69. The summed E-state index contributed by atoms with van der Waals surface area (Å²) in [5.74, 6) is -0.352. The number of rotatable bonds is 8.